The predicted molar refractivity (Wildman–Crippen MR) is 133 cm³/mol. The maximum Gasteiger partial charge on any atom is 0.301 e. The molecule has 1 N–H and O–H groups in total. The Kier molecular flexibility index (Phi) is 5.76. The zero-order valence-electron chi connectivity index (χ0n) is 18.5. The van der Waals surface area contributed by atoms with E-state index in [0.717, 1.165) is 27.3 Å². The van der Waals surface area contributed by atoms with E-state index in [-0.39, 0.29) is 17.1 Å². The summed E-state index contributed by atoms with van der Waals surface area (Å²) in [6.07, 6.45) is 0. The van der Waals surface area contributed by atoms with Crippen LogP contribution in [0.5, 0.6) is 0 Å². The maximum atomic E-state index is 13.4. The van der Waals surface area contributed by atoms with E-state index >= 15 is 0 Å². The summed E-state index contributed by atoms with van der Waals surface area (Å²) in [5, 5.41) is 14.4. The number of nitrogens with one attached hydrogen (secondary N) is 1. The normalized spacial score (nSPS) is 11.5. The first-order valence-corrected chi connectivity index (χ1v) is 12.1. The van der Waals surface area contributed by atoms with Crippen molar-refractivity contribution >= 4 is 33.5 Å². The van der Waals surface area contributed by atoms with E-state index in [2.05, 4.69) is 25.3 Å². The zero-order chi connectivity index (χ0) is 23.8. The van der Waals surface area contributed by atoms with Crippen molar-refractivity contribution in [3.63, 3.8) is 0 Å². The molecule has 0 unspecified atom stereocenters. The Morgan fingerprint density at radius 2 is 1.65 bits per heavy atom. The van der Waals surface area contributed by atoms with Crippen LogP contribution < -0.4 is 5.56 Å². The molecule has 0 saturated heterocycles. The molecule has 0 atom stereocenters. The van der Waals surface area contributed by atoms with E-state index in [1.54, 1.807) is 12.1 Å². The summed E-state index contributed by atoms with van der Waals surface area (Å²) >= 11 is 2.72. The molecule has 0 spiro atoms. The molecule has 0 radical (unpaired) electrons. The van der Waals surface area contributed by atoms with E-state index in [0.29, 0.717) is 21.7 Å². The third kappa shape index (κ3) is 4.25. The molecular formula is C24H19FN6OS2. The van der Waals surface area contributed by atoms with Crippen LogP contribution in [0.4, 0.5) is 15.2 Å². The molecule has 3 heterocycles. The monoisotopic (exact) mass is 490 g/mol. The van der Waals surface area contributed by atoms with Gasteiger partial charge in [-0.2, -0.15) is 4.68 Å². The lowest BCUT2D eigenvalue weighted by molar-refractivity contribution is 0.628. The van der Waals surface area contributed by atoms with Crippen molar-refractivity contribution < 1.29 is 4.39 Å². The minimum atomic E-state index is -0.371. The molecule has 5 rings (SSSR count). The summed E-state index contributed by atoms with van der Waals surface area (Å²) in [5.41, 5.74) is 4.55. The van der Waals surface area contributed by atoms with Crippen molar-refractivity contribution in [3.8, 4) is 27.6 Å². The number of hydrogen-bond donors (Lipinski definition) is 1. The molecule has 0 fully saturated rings. The number of hydrogen-bond acceptors (Lipinski definition) is 7. The average molecular weight is 491 g/mol. The molecule has 0 aliphatic rings. The molecule has 0 aliphatic carbocycles. The van der Waals surface area contributed by atoms with Gasteiger partial charge in [0.05, 0.1) is 17.1 Å². The molecular weight excluding hydrogens is 471 g/mol. The van der Waals surface area contributed by atoms with Gasteiger partial charge in [0, 0.05) is 21.4 Å². The Hall–Kier alpha value is -3.76. The van der Waals surface area contributed by atoms with Gasteiger partial charge in [0.1, 0.15) is 5.82 Å². The third-order valence-electron chi connectivity index (χ3n) is 5.28. The van der Waals surface area contributed by atoms with Crippen LogP contribution in [0.25, 0.3) is 27.6 Å². The van der Waals surface area contributed by atoms with Crippen molar-refractivity contribution in [2.24, 2.45) is 10.2 Å². The van der Waals surface area contributed by atoms with Gasteiger partial charge in [0.25, 0.3) is 0 Å². The number of rotatable bonds is 5. The first-order chi connectivity index (χ1) is 16.4. The smallest absolute Gasteiger partial charge is 0.286 e. The first kappa shape index (κ1) is 22.1. The fraction of sp³-hybridized carbons (Fsp3) is 0.125. The minimum absolute atomic E-state index is 0.174. The topological polar surface area (TPSA) is 88.3 Å². The molecule has 5 aromatic rings. The lowest BCUT2D eigenvalue weighted by atomic mass is 10.1. The van der Waals surface area contributed by atoms with Gasteiger partial charge in [-0.1, -0.05) is 41.2 Å². The second-order valence-corrected chi connectivity index (χ2v) is 9.72. The summed E-state index contributed by atoms with van der Waals surface area (Å²) in [5.74, 6) is -0.317. The van der Waals surface area contributed by atoms with E-state index in [4.69, 9.17) is 0 Å². The van der Waals surface area contributed by atoms with Crippen LogP contribution >= 0.6 is 22.7 Å². The molecule has 170 valence electrons. The van der Waals surface area contributed by atoms with E-state index in [1.165, 1.54) is 39.5 Å². The number of nitrogens with zero attached hydrogens (tertiary/aromatic N) is 5. The molecule has 2 aromatic carbocycles. The van der Waals surface area contributed by atoms with Crippen molar-refractivity contribution in [2.45, 2.75) is 20.8 Å². The van der Waals surface area contributed by atoms with Gasteiger partial charge in [-0.05, 0) is 45.0 Å². The lowest BCUT2D eigenvalue weighted by Gasteiger charge is -2.00. The largest absolute Gasteiger partial charge is 0.301 e. The number of benzene rings is 2. The van der Waals surface area contributed by atoms with Crippen molar-refractivity contribution in [1.29, 1.82) is 0 Å². The number of azo groups is 1. The first-order valence-electron chi connectivity index (χ1n) is 10.4. The highest BCUT2D eigenvalue weighted by atomic mass is 32.1. The summed E-state index contributed by atoms with van der Waals surface area (Å²) < 4.78 is 14.6. The second kappa shape index (κ2) is 8.88. The van der Waals surface area contributed by atoms with Gasteiger partial charge in [-0.15, -0.1) is 21.6 Å². The second-order valence-electron chi connectivity index (χ2n) is 7.70. The number of H-pyrrole nitrogens is 1. The summed E-state index contributed by atoms with van der Waals surface area (Å²) in [7, 11) is 0. The molecule has 3 aromatic heterocycles. The van der Waals surface area contributed by atoms with Crippen LogP contribution in [-0.2, 0) is 0 Å². The minimum Gasteiger partial charge on any atom is -0.286 e. The van der Waals surface area contributed by atoms with Crippen LogP contribution in [0.3, 0.4) is 0 Å². The molecule has 0 amide bonds. The highest BCUT2D eigenvalue weighted by molar-refractivity contribution is 7.15. The zero-order valence-corrected chi connectivity index (χ0v) is 20.2. The molecule has 0 aliphatic heterocycles. The molecule has 7 nitrogen and oxygen atoms in total. The van der Waals surface area contributed by atoms with Gasteiger partial charge >= 0.3 is 5.56 Å². The number of thiazole rings is 2. The number of aromatic nitrogens is 4. The molecule has 0 bridgehead atoms. The lowest BCUT2D eigenvalue weighted by Crippen LogP contribution is -2.13. The third-order valence-corrected chi connectivity index (χ3v) is 7.07. The van der Waals surface area contributed by atoms with Crippen LogP contribution in [0, 0.1) is 26.6 Å². The van der Waals surface area contributed by atoms with Crippen LogP contribution in [0.1, 0.15) is 16.1 Å². The van der Waals surface area contributed by atoms with Gasteiger partial charge < -0.3 is 0 Å². The summed E-state index contributed by atoms with van der Waals surface area (Å²) in [6, 6.07) is 13.9. The van der Waals surface area contributed by atoms with Gasteiger partial charge in [-0.3, -0.25) is 9.89 Å². The van der Waals surface area contributed by atoms with Crippen molar-refractivity contribution in [3.05, 3.63) is 86.2 Å². The summed E-state index contributed by atoms with van der Waals surface area (Å²) in [6.45, 7) is 5.87. The van der Waals surface area contributed by atoms with E-state index in [1.807, 2.05) is 50.4 Å². The highest BCUT2D eigenvalue weighted by Crippen LogP contribution is 2.31. The molecule has 10 heteroatoms. The van der Waals surface area contributed by atoms with Crippen LogP contribution in [-0.4, -0.2) is 19.7 Å². The van der Waals surface area contributed by atoms with Gasteiger partial charge in [0.15, 0.2) is 5.69 Å². The summed E-state index contributed by atoms with van der Waals surface area (Å²) in [4.78, 5) is 23.4. The Balaban J connectivity index is 1.60. The molecule has 34 heavy (non-hydrogen) atoms. The SMILES string of the molecule is Cc1ccc(-c2[nH]n(-c3nc(-c4ccc(F)cc4)cs3)c(=O)c2N=Nc2nc(C)c(C)s2)cc1. The number of aryl methyl sites for hydroxylation is 3. The fourth-order valence-electron chi connectivity index (χ4n) is 3.29. The van der Waals surface area contributed by atoms with Gasteiger partial charge in [-0.25, -0.2) is 14.4 Å². The molecule has 0 saturated carbocycles. The average Bonchev–Trinajstić information content (AvgIpc) is 3.51. The van der Waals surface area contributed by atoms with Crippen molar-refractivity contribution in [1.82, 2.24) is 19.7 Å². The van der Waals surface area contributed by atoms with Crippen LogP contribution in [0.15, 0.2) is 68.9 Å². The Labute approximate surface area is 202 Å². The number of halogens is 1. The van der Waals surface area contributed by atoms with Gasteiger partial charge in [0.2, 0.25) is 10.3 Å². The number of aromatic amines is 1. The fourth-order valence-corrected chi connectivity index (χ4v) is 4.81. The van der Waals surface area contributed by atoms with E-state index < -0.39 is 0 Å². The quantitative estimate of drug-likeness (QED) is 0.272. The van der Waals surface area contributed by atoms with E-state index in [9.17, 15) is 9.18 Å². The predicted octanol–water partition coefficient (Wildman–Crippen LogP) is 6.89. The standard InChI is InChI=1S/C24H19FN6OS2/c1-13-4-6-17(7-5-13)20-21(28-29-23-26-14(2)15(3)34-23)22(32)31(30-20)24-27-19(12-33-24)16-8-10-18(25)11-9-16/h4-12,30H,1-3H3. The maximum absolute atomic E-state index is 13.4. The highest BCUT2D eigenvalue weighted by Gasteiger charge is 2.19. The Morgan fingerprint density at radius 3 is 2.32 bits per heavy atom. The Morgan fingerprint density at radius 1 is 0.941 bits per heavy atom. The Bertz CT molecular complexity index is 1540. The van der Waals surface area contributed by atoms with Crippen molar-refractivity contribution in [2.75, 3.05) is 0 Å². The van der Waals surface area contributed by atoms with Crippen LogP contribution in [0.2, 0.25) is 0 Å².